The molecule has 182 valence electrons. The Kier molecular flexibility index (Phi) is 6.64. The molecule has 0 spiro atoms. The predicted octanol–water partition coefficient (Wildman–Crippen LogP) is 0.988. The first-order valence-corrected chi connectivity index (χ1v) is 10.3. The highest BCUT2D eigenvalue weighted by atomic mass is 16.7. The third-order valence-corrected chi connectivity index (χ3v) is 5.52. The van der Waals surface area contributed by atoms with Crippen molar-refractivity contribution in [3.63, 3.8) is 0 Å². The second-order valence-corrected chi connectivity index (χ2v) is 7.73. The summed E-state index contributed by atoms with van der Waals surface area (Å²) < 4.78 is 27.9. The summed E-state index contributed by atoms with van der Waals surface area (Å²) in [7, 11) is 2.94. The number of aliphatic hydroxyl groups excluding tert-OH is 4. The van der Waals surface area contributed by atoms with Crippen molar-refractivity contribution in [2.75, 3.05) is 20.8 Å². The summed E-state index contributed by atoms with van der Waals surface area (Å²) in [6, 6.07) is 8.69. The van der Waals surface area contributed by atoms with Crippen LogP contribution in [0.5, 0.6) is 28.7 Å². The van der Waals surface area contributed by atoms with Crippen LogP contribution in [0.3, 0.4) is 0 Å². The third-order valence-electron chi connectivity index (χ3n) is 5.52. The van der Waals surface area contributed by atoms with Gasteiger partial charge in [-0.05, 0) is 12.1 Å². The molecule has 0 unspecified atom stereocenters. The maximum absolute atomic E-state index is 10.4. The fourth-order valence-corrected chi connectivity index (χ4v) is 3.70. The minimum Gasteiger partial charge on any atom is -0.507 e. The van der Waals surface area contributed by atoms with Crippen LogP contribution < -0.4 is 14.2 Å². The second kappa shape index (κ2) is 9.49. The fraction of sp³-hybridized carbons (Fsp3) is 0.348. The standard InChI is InChI=1S/C23H24O11/c1-30-12-3-10(4-13(7-12)31-2)22-17(8-14-15(26)5-11(25)6-16(14)32-22)33-23-21(29)20(28)19(27)18(9-24)34-23/h3-8,18-21,23-24,27-29H,9H2,1-2H3,(H-,25,26)/p+1/t18-,19+,20+,21-,23-/m1/s1. The lowest BCUT2D eigenvalue weighted by molar-refractivity contribution is -0.277. The van der Waals surface area contributed by atoms with Crippen LogP contribution in [0.25, 0.3) is 22.3 Å². The van der Waals surface area contributed by atoms with Gasteiger partial charge >= 0.3 is 11.3 Å². The molecule has 4 rings (SSSR count). The number of rotatable bonds is 6. The van der Waals surface area contributed by atoms with Gasteiger partial charge in [0, 0.05) is 18.2 Å². The van der Waals surface area contributed by atoms with Gasteiger partial charge in [0.2, 0.25) is 12.0 Å². The van der Waals surface area contributed by atoms with Gasteiger partial charge in [0.05, 0.1) is 32.5 Å². The molecule has 3 aromatic rings. The number of phenolic OH excluding ortho intramolecular Hbond substituents is 2. The van der Waals surface area contributed by atoms with E-state index in [2.05, 4.69) is 0 Å². The van der Waals surface area contributed by atoms with E-state index in [0.29, 0.717) is 17.1 Å². The van der Waals surface area contributed by atoms with Crippen LogP contribution in [0, 0.1) is 0 Å². The molecule has 1 aliphatic heterocycles. The first-order chi connectivity index (χ1) is 16.2. The number of fused-ring (bicyclic) bond motifs is 1. The molecule has 0 radical (unpaired) electrons. The molecular formula is C23H25O11+. The monoisotopic (exact) mass is 477 g/mol. The van der Waals surface area contributed by atoms with Gasteiger partial charge in [-0.2, -0.15) is 0 Å². The van der Waals surface area contributed by atoms with E-state index in [1.165, 1.54) is 26.4 Å². The molecule has 5 atom stereocenters. The lowest BCUT2D eigenvalue weighted by Gasteiger charge is -2.39. The predicted molar refractivity (Wildman–Crippen MR) is 117 cm³/mol. The molecule has 0 bridgehead atoms. The summed E-state index contributed by atoms with van der Waals surface area (Å²) in [6.45, 7) is -0.632. The van der Waals surface area contributed by atoms with E-state index in [-0.39, 0.29) is 34.0 Å². The van der Waals surface area contributed by atoms with Gasteiger partial charge in [0.1, 0.15) is 52.8 Å². The zero-order valence-corrected chi connectivity index (χ0v) is 18.3. The van der Waals surface area contributed by atoms with Crippen LogP contribution in [0.4, 0.5) is 0 Å². The molecule has 1 saturated heterocycles. The van der Waals surface area contributed by atoms with E-state index >= 15 is 0 Å². The Bertz CT molecular complexity index is 1160. The van der Waals surface area contributed by atoms with Crippen LogP contribution in [-0.4, -0.2) is 82.2 Å². The summed E-state index contributed by atoms with van der Waals surface area (Å²) in [5, 5.41) is 60.4. The largest absolute Gasteiger partial charge is 0.507 e. The number of phenols is 2. The van der Waals surface area contributed by atoms with Crippen molar-refractivity contribution in [2.45, 2.75) is 30.7 Å². The van der Waals surface area contributed by atoms with E-state index in [4.69, 9.17) is 23.4 Å². The maximum atomic E-state index is 10.4. The topological polar surface area (TPSA) is 170 Å². The summed E-state index contributed by atoms with van der Waals surface area (Å²) in [5.41, 5.74) is 0.538. The Labute approximate surface area is 193 Å². The number of methoxy groups -OCH3 is 2. The van der Waals surface area contributed by atoms with Crippen LogP contribution >= 0.6 is 0 Å². The molecule has 0 aliphatic carbocycles. The Morgan fingerprint density at radius 3 is 2.18 bits per heavy atom. The highest BCUT2D eigenvalue weighted by Crippen LogP contribution is 2.42. The summed E-state index contributed by atoms with van der Waals surface area (Å²) in [6.07, 6.45) is -7.58. The van der Waals surface area contributed by atoms with Gasteiger partial charge in [-0.1, -0.05) is 0 Å². The van der Waals surface area contributed by atoms with Crippen molar-refractivity contribution < 1.29 is 54.0 Å². The summed E-state index contributed by atoms with van der Waals surface area (Å²) in [5.74, 6) is 0.405. The molecular weight excluding hydrogens is 452 g/mol. The molecule has 0 amide bonds. The summed E-state index contributed by atoms with van der Waals surface area (Å²) >= 11 is 0. The lowest BCUT2D eigenvalue weighted by Crippen LogP contribution is -2.60. The van der Waals surface area contributed by atoms with E-state index in [1.54, 1.807) is 18.2 Å². The maximum Gasteiger partial charge on any atom is 0.402 e. The zero-order chi connectivity index (χ0) is 24.6. The molecule has 6 N–H and O–H groups in total. The Morgan fingerprint density at radius 1 is 0.882 bits per heavy atom. The molecule has 11 nitrogen and oxygen atoms in total. The molecule has 1 fully saturated rings. The van der Waals surface area contributed by atoms with E-state index in [0.717, 1.165) is 6.07 Å². The number of aromatic hydroxyl groups is 2. The lowest BCUT2D eigenvalue weighted by atomic mass is 9.99. The Morgan fingerprint density at radius 2 is 1.56 bits per heavy atom. The van der Waals surface area contributed by atoms with Crippen LogP contribution in [-0.2, 0) is 4.74 Å². The van der Waals surface area contributed by atoms with Gasteiger partial charge < -0.3 is 49.6 Å². The molecule has 11 heteroatoms. The van der Waals surface area contributed by atoms with Gasteiger partial charge in [-0.15, -0.1) is 0 Å². The number of benzene rings is 2. The Balaban J connectivity index is 1.86. The zero-order valence-electron chi connectivity index (χ0n) is 18.3. The Hall–Kier alpha value is -3.35. The van der Waals surface area contributed by atoms with E-state index < -0.39 is 37.3 Å². The van der Waals surface area contributed by atoms with Crippen LogP contribution in [0.2, 0.25) is 0 Å². The van der Waals surface area contributed by atoms with Crippen molar-refractivity contribution in [2.24, 2.45) is 0 Å². The van der Waals surface area contributed by atoms with Crippen LogP contribution in [0.15, 0.2) is 40.8 Å². The first kappa shape index (κ1) is 23.8. The smallest absolute Gasteiger partial charge is 0.402 e. The highest BCUT2D eigenvalue weighted by molar-refractivity contribution is 5.88. The molecule has 1 aromatic heterocycles. The van der Waals surface area contributed by atoms with Crippen molar-refractivity contribution in [1.29, 1.82) is 0 Å². The summed E-state index contributed by atoms with van der Waals surface area (Å²) in [4.78, 5) is 0. The fourth-order valence-electron chi connectivity index (χ4n) is 3.70. The van der Waals surface area contributed by atoms with Crippen LogP contribution in [0.1, 0.15) is 0 Å². The number of hydrogen-bond acceptors (Lipinski definition) is 10. The molecule has 2 heterocycles. The second-order valence-electron chi connectivity index (χ2n) is 7.73. The van der Waals surface area contributed by atoms with Gasteiger partial charge in [-0.25, -0.2) is 4.42 Å². The van der Waals surface area contributed by atoms with Gasteiger partial charge in [0.25, 0.3) is 0 Å². The molecule has 0 saturated carbocycles. The van der Waals surface area contributed by atoms with Crippen molar-refractivity contribution in [3.05, 3.63) is 36.4 Å². The van der Waals surface area contributed by atoms with Gasteiger partial charge in [-0.3, -0.25) is 0 Å². The quantitative estimate of drug-likeness (QED) is 0.280. The number of aliphatic hydroxyl groups is 4. The van der Waals surface area contributed by atoms with E-state index in [9.17, 15) is 30.6 Å². The average Bonchev–Trinajstić information content (AvgIpc) is 2.83. The number of hydrogen-bond donors (Lipinski definition) is 6. The van der Waals surface area contributed by atoms with Gasteiger partial charge in [0.15, 0.2) is 0 Å². The average molecular weight is 477 g/mol. The number of ether oxygens (including phenoxy) is 4. The molecule has 2 aromatic carbocycles. The highest BCUT2D eigenvalue weighted by Gasteiger charge is 2.45. The molecule has 34 heavy (non-hydrogen) atoms. The first-order valence-electron chi connectivity index (χ1n) is 10.3. The SMILES string of the molecule is COc1cc(OC)cc(-c2[o+]c3cc(O)cc(O)c3cc2O[C@@H]2O[C@H](CO)[C@H](O)[C@H](O)[C@H]2O)c1. The van der Waals surface area contributed by atoms with E-state index in [1.807, 2.05) is 0 Å². The molecule has 1 aliphatic rings. The normalized spacial score (nSPS) is 24.7. The van der Waals surface area contributed by atoms with Crippen molar-refractivity contribution in [1.82, 2.24) is 0 Å². The minimum atomic E-state index is -1.67. The van der Waals surface area contributed by atoms with Crippen molar-refractivity contribution >= 4 is 11.0 Å². The third kappa shape index (κ3) is 4.39. The minimum absolute atomic E-state index is 0.0203. The van der Waals surface area contributed by atoms with Crippen molar-refractivity contribution in [3.8, 4) is 40.1 Å².